The Labute approximate surface area is 122 Å². The zero-order valence-corrected chi connectivity index (χ0v) is 12.6. The quantitative estimate of drug-likeness (QED) is 0.820. The van der Waals surface area contributed by atoms with Crippen LogP contribution in [-0.4, -0.2) is 55.7 Å². The third-order valence-electron chi connectivity index (χ3n) is 4.48. The molecule has 2 heterocycles. The number of fused-ring (bicyclic) bond motifs is 1. The van der Waals surface area contributed by atoms with E-state index in [1.165, 1.54) is 44.5 Å². The van der Waals surface area contributed by atoms with Crippen molar-refractivity contribution < 1.29 is 4.74 Å². The van der Waals surface area contributed by atoms with Crippen molar-refractivity contribution in [2.24, 2.45) is 0 Å². The van der Waals surface area contributed by atoms with Gasteiger partial charge >= 0.3 is 0 Å². The fraction of sp³-hybridized carbons (Fsp3) is 0.647. The minimum absolute atomic E-state index is 0.332. The molecule has 1 aromatic rings. The Kier molecular flexibility index (Phi) is 4.58. The number of nitrogens with zero attached hydrogens (tertiary/aromatic N) is 2. The molecule has 0 N–H and O–H groups in total. The molecule has 1 saturated heterocycles. The summed E-state index contributed by atoms with van der Waals surface area (Å²) in [4.78, 5) is 5.02. The topological polar surface area (TPSA) is 15.7 Å². The third kappa shape index (κ3) is 3.53. The molecule has 0 aromatic heterocycles. The largest absolute Gasteiger partial charge is 0.488 e. The Morgan fingerprint density at radius 2 is 2.00 bits per heavy atom. The van der Waals surface area contributed by atoms with Crippen molar-refractivity contribution in [2.45, 2.75) is 31.8 Å². The highest BCUT2D eigenvalue weighted by molar-refractivity contribution is 5.37. The summed E-state index contributed by atoms with van der Waals surface area (Å²) in [5, 5.41) is 0. The highest BCUT2D eigenvalue weighted by Crippen LogP contribution is 2.28. The van der Waals surface area contributed by atoms with E-state index in [1.807, 2.05) is 0 Å². The van der Waals surface area contributed by atoms with Gasteiger partial charge in [-0.1, -0.05) is 24.6 Å². The van der Waals surface area contributed by atoms with Gasteiger partial charge in [0.05, 0.1) is 0 Å². The summed E-state index contributed by atoms with van der Waals surface area (Å²) in [6, 6.07) is 8.43. The molecule has 0 bridgehead atoms. The molecule has 0 aliphatic carbocycles. The third-order valence-corrected chi connectivity index (χ3v) is 4.48. The Bertz CT molecular complexity index is 404. The molecule has 1 atom stereocenters. The first-order valence-corrected chi connectivity index (χ1v) is 7.97. The van der Waals surface area contributed by atoms with E-state index >= 15 is 0 Å². The number of piperidine rings is 1. The van der Waals surface area contributed by atoms with Crippen LogP contribution in [-0.2, 0) is 6.42 Å². The number of rotatable bonds is 5. The first-order chi connectivity index (χ1) is 9.81. The van der Waals surface area contributed by atoms with E-state index in [9.17, 15) is 0 Å². The lowest BCUT2D eigenvalue weighted by molar-refractivity contribution is 0.147. The molecule has 0 amide bonds. The van der Waals surface area contributed by atoms with Crippen LogP contribution < -0.4 is 4.74 Å². The summed E-state index contributed by atoms with van der Waals surface area (Å²) in [5.41, 5.74) is 1.36. The predicted octanol–water partition coefficient (Wildman–Crippen LogP) is 2.41. The van der Waals surface area contributed by atoms with Crippen LogP contribution in [0.3, 0.4) is 0 Å². The highest BCUT2D eigenvalue weighted by atomic mass is 16.5. The molecule has 20 heavy (non-hydrogen) atoms. The van der Waals surface area contributed by atoms with E-state index in [-0.39, 0.29) is 0 Å². The zero-order valence-electron chi connectivity index (χ0n) is 12.6. The highest BCUT2D eigenvalue weighted by Gasteiger charge is 2.23. The summed E-state index contributed by atoms with van der Waals surface area (Å²) < 4.78 is 6.01. The number of benzene rings is 1. The number of likely N-dealkylation sites (tertiary alicyclic amines) is 1. The van der Waals surface area contributed by atoms with Gasteiger partial charge in [-0.25, -0.2) is 0 Å². The van der Waals surface area contributed by atoms with Crippen LogP contribution in [0, 0.1) is 0 Å². The van der Waals surface area contributed by atoms with E-state index in [4.69, 9.17) is 4.74 Å². The second kappa shape index (κ2) is 6.59. The first-order valence-electron chi connectivity index (χ1n) is 7.97. The van der Waals surface area contributed by atoms with Gasteiger partial charge in [0, 0.05) is 26.1 Å². The zero-order chi connectivity index (χ0) is 13.8. The maximum absolute atomic E-state index is 6.01. The van der Waals surface area contributed by atoms with Gasteiger partial charge < -0.3 is 14.5 Å². The molecular formula is C17H26N2O. The Balaban J connectivity index is 1.40. The number of para-hydroxylation sites is 1. The van der Waals surface area contributed by atoms with Gasteiger partial charge in [-0.05, 0) is 44.6 Å². The molecule has 3 heteroatoms. The summed E-state index contributed by atoms with van der Waals surface area (Å²) in [6.07, 6.45) is 5.57. The van der Waals surface area contributed by atoms with Gasteiger partial charge in [0.15, 0.2) is 0 Å². The molecule has 1 aromatic carbocycles. The van der Waals surface area contributed by atoms with Crippen molar-refractivity contribution in [1.82, 2.24) is 9.80 Å². The van der Waals surface area contributed by atoms with Crippen LogP contribution in [0.25, 0.3) is 0 Å². The predicted molar refractivity (Wildman–Crippen MR) is 82.4 cm³/mol. The van der Waals surface area contributed by atoms with Gasteiger partial charge in [-0.3, -0.25) is 0 Å². The molecule has 0 radical (unpaired) electrons. The Morgan fingerprint density at radius 1 is 1.20 bits per heavy atom. The molecule has 0 saturated carbocycles. The standard InChI is InChI=1S/C17H26N2O/c1-18(11-12-19-9-5-2-6-10-19)14-16-13-15-7-3-4-8-17(15)20-16/h3-4,7-8,16H,2,5-6,9-14H2,1H3. The first kappa shape index (κ1) is 13.9. The molecule has 3 nitrogen and oxygen atoms in total. The number of hydrogen-bond acceptors (Lipinski definition) is 3. The van der Waals surface area contributed by atoms with Crippen LogP contribution >= 0.6 is 0 Å². The smallest absolute Gasteiger partial charge is 0.123 e. The second-order valence-electron chi connectivity index (χ2n) is 6.22. The van der Waals surface area contributed by atoms with E-state index < -0.39 is 0 Å². The summed E-state index contributed by atoms with van der Waals surface area (Å²) >= 11 is 0. The average molecular weight is 274 g/mol. The number of likely N-dealkylation sites (N-methyl/N-ethyl adjacent to an activating group) is 1. The van der Waals surface area contributed by atoms with Crippen LogP contribution in [0.5, 0.6) is 5.75 Å². The van der Waals surface area contributed by atoms with Crippen molar-refractivity contribution in [3.05, 3.63) is 29.8 Å². The van der Waals surface area contributed by atoms with Gasteiger partial charge in [0.25, 0.3) is 0 Å². The summed E-state index contributed by atoms with van der Waals surface area (Å²) in [5.74, 6) is 1.09. The van der Waals surface area contributed by atoms with Crippen molar-refractivity contribution in [3.63, 3.8) is 0 Å². The van der Waals surface area contributed by atoms with Crippen molar-refractivity contribution >= 4 is 0 Å². The summed E-state index contributed by atoms with van der Waals surface area (Å²) in [7, 11) is 2.22. The van der Waals surface area contributed by atoms with E-state index in [0.717, 1.165) is 25.3 Å². The lowest BCUT2D eigenvalue weighted by Gasteiger charge is -2.29. The van der Waals surface area contributed by atoms with E-state index in [0.29, 0.717) is 6.10 Å². The van der Waals surface area contributed by atoms with Gasteiger partial charge in [-0.15, -0.1) is 0 Å². The molecule has 3 rings (SSSR count). The lowest BCUT2D eigenvalue weighted by Crippen LogP contribution is -2.39. The van der Waals surface area contributed by atoms with Gasteiger partial charge in [0.2, 0.25) is 0 Å². The van der Waals surface area contributed by atoms with Crippen LogP contribution in [0.15, 0.2) is 24.3 Å². The second-order valence-corrected chi connectivity index (χ2v) is 6.22. The molecule has 110 valence electrons. The minimum Gasteiger partial charge on any atom is -0.488 e. The molecule has 0 spiro atoms. The minimum atomic E-state index is 0.332. The molecule has 1 fully saturated rings. The maximum atomic E-state index is 6.01. The lowest BCUT2D eigenvalue weighted by atomic mass is 10.1. The SMILES string of the molecule is CN(CCN1CCCCC1)CC1Cc2ccccc2O1. The Hall–Kier alpha value is -1.06. The monoisotopic (exact) mass is 274 g/mol. The molecule has 2 aliphatic heterocycles. The number of ether oxygens (including phenoxy) is 1. The van der Waals surface area contributed by atoms with Crippen LogP contribution in [0.4, 0.5) is 0 Å². The van der Waals surface area contributed by atoms with Crippen LogP contribution in [0.2, 0.25) is 0 Å². The van der Waals surface area contributed by atoms with Crippen molar-refractivity contribution in [2.75, 3.05) is 39.8 Å². The van der Waals surface area contributed by atoms with Gasteiger partial charge in [-0.2, -0.15) is 0 Å². The fourth-order valence-corrected chi connectivity index (χ4v) is 3.29. The molecular weight excluding hydrogens is 248 g/mol. The van der Waals surface area contributed by atoms with E-state index in [2.05, 4.69) is 41.1 Å². The maximum Gasteiger partial charge on any atom is 0.123 e. The molecule has 2 aliphatic rings. The van der Waals surface area contributed by atoms with Gasteiger partial charge in [0.1, 0.15) is 11.9 Å². The van der Waals surface area contributed by atoms with Crippen molar-refractivity contribution in [3.8, 4) is 5.75 Å². The van der Waals surface area contributed by atoms with E-state index in [1.54, 1.807) is 0 Å². The normalized spacial score (nSPS) is 22.8. The van der Waals surface area contributed by atoms with Crippen LogP contribution in [0.1, 0.15) is 24.8 Å². The Morgan fingerprint density at radius 3 is 2.80 bits per heavy atom. The number of hydrogen-bond donors (Lipinski definition) is 0. The fourth-order valence-electron chi connectivity index (χ4n) is 3.29. The van der Waals surface area contributed by atoms with Crippen molar-refractivity contribution in [1.29, 1.82) is 0 Å². The average Bonchev–Trinajstić information content (AvgIpc) is 2.88. The summed E-state index contributed by atoms with van der Waals surface area (Å²) in [6.45, 7) is 5.97. The molecule has 1 unspecified atom stereocenters.